The summed E-state index contributed by atoms with van der Waals surface area (Å²) in [5.41, 5.74) is 2.07. The minimum atomic E-state index is 0.105. The first-order valence-corrected chi connectivity index (χ1v) is 9.28. The van der Waals surface area contributed by atoms with Gasteiger partial charge in [0.25, 0.3) is 0 Å². The van der Waals surface area contributed by atoms with Crippen LogP contribution >= 0.6 is 0 Å². The van der Waals surface area contributed by atoms with Crippen LogP contribution in [0, 0.1) is 0 Å². The van der Waals surface area contributed by atoms with Gasteiger partial charge in [0.2, 0.25) is 5.91 Å². The fraction of sp³-hybridized carbons (Fsp3) is 0.450. The number of hydrogen-bond acceptors (Lipinski definition) is 6. The average molecular weight is 368 g/mol. The van der Waals surface area contributed by atoms with E-state index in [2.05, 4.69) is 9.97 Å². The van der Waals surface area contributed by atoms with Crippen LogP contribution in [0.1, 0.15) is 23.6 Å². The van der Waals surface area contributed by atoms with Crippen molar-refractivity contribution in [3.63, 3.8) is 0 Å². The van der Waals surface area contributed by atoms with Gasteiger partial charge < -0.3 is 19.3 Å². The first-order chi connectivity index (χ1) is 13.2. The van der Waals surface area contributed by atoms with Crippen molar-refractivity contribution in [3.8, 4) is 5.75 Å². The minimum Gasteiger partial charge on any atom is -0.497 e. The normalized spacial score (nSPS) is 20.2. The van der Waals surface area contributed by atoms with Crippen molar-refractivity contribution in [1.29, 1.82) is 0 Å². The number of hydrogen-bond donors (Lipinski definition) is 0. The van der Waals surface area contributed by atoms with Crippen molar-refractivity contribution in [2.45, 2.75) is 18.9 Å². The van der Waals surface area contributed by atoms with Gasteiger partial charge in [-0.3, -0.25) is 4.79 Å². The van der Waals surface area contributed by atoms with Gasteiger partial charge in [-0.15, -0.1) is 0 Å². The smallest absolute Gasteiger partial charge is 0.242 e. The first-order valence-electron chi connectivity index (χ1n) is 9.28. The summed E-state index contributed by atoms with van der Waals surface area (Å²) in [5.74, 6) is 2.06. The van der Waals surface area contributed by atoms with Gasteiger partial charge >= 0.3 is 0 Å². The van der Waals surface area contributed by atoms with Crippen LogP contribution in [0.25, 0.3) is 0 Å². The molecule has 7 heteroatoms. The van der Waals surface area contributed by atoms with E-state index in [1.54, 1.807) is 13.4 Å². The maximum Gasteiger partial charge on any atom is 0.242 e. The van der Waals surface area contributed by atoms with E-state index < -0.39 is 0 Å². The molecule has 7 nitrogen and oxygen atoms in total. The molecule has 0 unspecified atom stereocenters. The second-order valence-corrected chi connectivity index (χ2v) is 6.95. The monoisotopic (exact) mass is 368 g/mol. The Bertz CT molecular complexity index is 807. The molecular weight excluding hydrogens is 344 g/mol. The van der Waals surface area contributed by atoms with Gasteiger partial charge in [0, 0.05) is 38.2 Å². The van der Waals surface area contributed by atoms with Crippen molar-refractivity contribution in [1.82, 2.24) is 14.9 Å². The topological polar surface area (TPSA) is 67.8 Å². The van der Waals surface area contributed by atoms with E-state index in [0.717, 1.165) is 42.4 Å². The van der Waals surface area contributed by atoms with Gasteiger partial charge in [-0.1, -0.05) is 12.1 Å². The number of piperazine rings is 1. The van der Waals surface area contributed by atoms with Crippen molar-refractivity contribution in [2.75, 3.05) is 44.9 Å². The highest BCUT2D eigenvalue weighted by Gasteiger charge is 2.26. The number of carbonyl (C=O) groups excluding carboxylic acids is 1. The summed E-state index contributed by atoms with van der Waals surface area (Å²) >= 11 is 0. The van der Waals surface area contributed by atoms with Crippen molar-refractivity contribution in [2.24, 2.45) is 0 Å². The molecule has 2 fully saturated rings. The number of ether oxygens (including phenoxy) is 2. The Hall–Kier alpha value is -2.67. The number of anilines is 1. The third-order valence-corrected chi connectivity index (χ3v) is 5.17. The Morgan fingerprint density at radius 3 is 2.96 bits per heavy atom. The van der Waals surface area contributed by atoms with Gasteiger partial charge in [0.1, 0.15) is 17.9 Å². The SMILES string of the molecule is COc1cccc(CN2CCN(c3cc([C@@H]4CCOC4)ncn3)CC2=O)c1. The lowest BCUT2D eigenvalue weighted by atomic mass is 10.0. The molecule has 142 valence electrons. The number of benzene rings is 1. The molecule has 0 spiro atoms. The zero-order valence-corrected chi connectivity index (χ0v) is 15.5. The Balaban J connectivity index is 1.41. The standard InChI is InChI=1S/C20H24N4O3/c1-26-17-4-2-3-15(9-17)11-24-7-6-23(12-20(24)25)19-10-18(21-14-22-19)16-5-8-27-13-16/h2-4,9-10,14,16H,5-8,11-13H2,1H3/t16-/m1/s1. The van der Waals surface area contributed by atoms with Crippen LogP contribution in [-0.4, -0.2) is 60.7 Å². The summed E-state index contributed by atoms with van der Waals surface area (Å²) in [4.78, 5) is 25.4. The largest absolute Gasteiger partial charge is 0.497 e. The molecule has 0 radical (unpaired) electrons. The molecule has 2 aromatic rings. The molecule has 0 N–H and O–H groups in total. The van der Waals surface area contributed by atoms with E-state index in [-0.39, 0.29) is 5.91 Å². The van der Waals surface area contributed by atoms with E-state index in [4.69, 9.17) is 9.47 Å². The fourth-order valence-electron chi connectivity index (χ4n) is 3.59. The molecule has 1 atom stereocenters. The summed E-state index contributed by atoms with van der Waals surface area (Å²) in [6, 6.07) is 9.85. The molecule has 1 aromatic carbocycles. The number of methoxy groups -OCH3 is 1. The van der Waals surface area contributed by atoms with Gasteiger partial charge in [0.15, 0.2) is 0 Å². The number of aromatic nitrogens is 2. The van der Waals surface area contributed by atoms with E-state index in [1.165, 1.54) is 0 Å². The third kappa shape index (κ3) is 4.03. The van der Waals surface area contributed by atoms with E-state index >= 15 is 0 Å². The van der Waals surface area contributed by atoms with E-state index in [1.807, 2.05) is 40.1 Å². The van der Waals surface area contributed by atoms with E-state index in [9.17, 15) is 4.79 Å². The second kappa shape index (κ2) is 7.92. The molecule has 27 heavy (non-hydrogen) atoms. The summed E-state index contributed by atoms with van der Waals surface area (Å²) in [6.07, 6.45) is 2.58. The lowest BCUT2D eigenvalue weighted by Gasteiger charge is -2.35. The van der Waals surface area contributed by atoms with E-state index in [0.29, 0.717) is 32.2 Å². The summed E-state index contributed by atoms with van der Waals surface area (Å²) in [6.45, 7) is 3.85. The Morgan fingerprint density at radius 1 is 1.26 bits per heavy atom. The lowest BCUT2D eigenvalue weighted by molar-refractivity contribution is -0.131. The van der Waals surface area contributed by atoms with Crippen LogP contribution < -0.4 is 9.64 Å². The predicted octanol–water partition coefficient (Wildman–Crippen LogP) is 1.84. The zero-order chi connectivity index (χ0) is 18.6. The Kier molecular flexibility index (Phi) is 5.20. The lowest BCUT2D eigenvalue weighted by Crippen LogP contribution is -2.50. The number of nitrogens with zero attached hydrogens (tertiary/aromatic N) is 4. The average Bonchev–Trinajstić information content (AvgIpc) is 3.25. The van der Waals surface area contributed by atoms with Crippen LogP contribution in [0.4, 0.5) is 5.82 Å². The van der Waals surface area contributed by atoms with Gasteiger partial charge in [-0.25, -0.2) is 9.97 Å². The van der Waals surface area contributed by atoms with Crippen molar-refractivity contribution in [3.05, 3.63) is 47.9 Å². The molecule has 0 aliphatic carbocycles. The van der Waals surface area contributed by atoms with Crippen LogP contribution in [0.15, 0.2) is 36.7 Å². The molecule has 2 aliphatic rings. The summed E-state index contributed by atoms with van der Waals surface area (Å²) in [7, 11) is 1.65. The highest BCUT2D eigenvalue weighted by molar-refractivity contribution is 5.82. The van der Waals surface area contributed by atoms with Gasteiger partial charge in [-0.2, -0.15) is 0 Å². The van der Waals surface area contributed by atoms with Gasteiger partial charge in [-0.05, 0) is 24.1 Å². The molecule has 2 aliphatic heterocycles. The number of carbonyl (C=O) groups is 1. The molecule has 2 saturated heterocycles. The van der Waals surface area contributed by atoms with Crippen LogP contribution in [-0.2, 0) is 16.1 Å². The molecule has 4 rings (SSSR count). The molecule has 3 heterocycles. The fourth-order valence-corrected chi connectivity index (χ4v) is 3.59. The summed E-state index contributed by atoms with van der Waals surface area (Å²) in [5, 5.41) is 0. The van der Waals surface area contributed by atoms with Crippen molar-refractivity contribution < 1.29 is 14.3 Å². The maximum absolute atomic E-state index is 12.7. The molecule has 0 bridgehead atoms. The quantitative estimate of drug-likeness (QED) is 0.802. The van der Waals surface area contributed by atoms with Crippen LogP contribution in [0.3, 0.4) is 0 Å². The highest BCUT2D eigenvalue weighted by atomic mass is 16.5. The molecule has 0 saturated carbocycles. The maximum atomic E-state index is 12.7. The predicted molar refractivity (Wildman–Crippen MR) is 101 cm³/mol. The van der Waals surface area contributed by atoms with Crippen LogP contribution in [0.5, 0.6) is 5.75 Å². The number of amides is 1. The Labute approximate surface area is 158 Å². The zero-order valence-electron chi connectivity index (χ0n) is 15.5. The Morgan fingerprint density at radius 2 is 2.19 bits per heavy atom. The van der Waals surface area contributed by atoms with Crippen molar-refractivity contribution >= 4 is 11.7 Å². The van der Waals surface area contributed by atoms with Gasteiger partial charge in [0.05, 0.1) is 26.0 Å². The molecule has 1 amide bonds. The minimum absolute atomic E-state index is 0.105. The highest BCUT2D eigenvalue weighted by Crippen LogP contribution is 2.26. The third-order valence-electron chi connectivity index (χ3n) is 5.17. The number of rotatable bonds is 5. The summed E-state index contributed by atoms with van der Waals surface area (Å²) < 4.78 is 10.7. The molecular formula is C20H24N4O3. The second-order valence-electron chi connectivity index (χ2n) is 6.95. The van der Waals surface area contributed by atoms with Crippen LogP contribution in [0.2, 0.25) is 0 Å². The molecule has 1 aromatic heterocycles. The first kappa shape index (κ1) is 17.7.